The summed E-state index contributed by atoms with van der Waals surface area (Å²) in [4.78, 5) is 21.6. The van der Waals surface area contributed by atoms with Crippen LogP contribution in [0, 0.1) is 0 Å². The van der Waals surface area contributed by atoms with Crippen LogP contribution < -0.4 is 15.0 Å². The molecule has 1 aromatic carbocycles. The summed E-state index contributed by atoms with van der Waals surface area (Å²) in [6.07, 6.45) is 0. The van der Waals surface area contributed by atoms with Crippen LogP contribution in [-0.4, -0.2) is 62.2 Å². The lowest BCUT2D eigenvalue weighted by Gasteiger charge is -2.34. The van der Waals surface area contributed by atoms with Gasteiger partial charge in [-0.15, -0.1) is 11.3 Å². The summed E-state index contributed by atoms with van der Waals surface area (Å²) in [7, 11) is 1.61. The molecule has 2 aromatic heterocycles. The van der Waals surface area contributed by atoms with Crippen molar-refractivity contribution in [3.05, 3.63) is 37.5 Å². The first-order valence-electron chi connectivity index (χ1n) is 9.29. The molecule has 11 heteroatoms. The molecule has 1 saturated heterocycles. The second kappa shape index (κ2) is 9.46. The van der Waals surface area contributed by atoms with E-state index in [0.29, 0.717) is 31.6 Å². The van der Waals surface area contributed by atoms with Gasteiger partial charge in [-0.3, -0.25) is 9.69 Å². The highest BCUT2D eigenvalue weighted by atomic mass is 35.5. The fourth-order valence-electron chi connectivity index (χ4n) is 3.34. The molecule has 1 fully saturated rings. The summed E-state index contributed by atoms with van der Waals surface area (Å²) >= 11 is 21.0. The van der Waals surface area contributed by atoms with Gasteiger partial charge < -0.3 is 15.0 Å². The van der Waals surface area contributed by atoms with Crippen LogP contribution in [0.1, 0.15) is 10.4 Å². The Morgan fingerprint density at radius 1 is 1.20 bits per heavy atom. The normalized spacial score (nSPS) is 15.0. The molecule has 0 aliphatic carbocycles. The van der Waals surface area contributed by atoms with Crippen molar-refractivity contribution in [1.82, 2.24) is 15.2 Å². The first-order valence-corrected chi connectivity index (χ1v) is 12.1. The molecule has 4 rings (SSSR count). The van der Waals surface area contributed by atoms with Crippen LogP contribution >= 0.6 is 57.5 Å². The van der Waals surface area contributed by atoms with Gasteiger partial charge in [-0.25, -0.2) is 4.98 Å². The van der Waals surface area contributed by atoms with Crippen molar-refractivity contribution in [1.29, 1.82) is 0 Å². The van der Waals surface area contributed by atoms with Gasteiger partial charge in [0.2, 0.25) is 0 Å². The maximum atomic E-state index is 12.2. The van der Waals surface area contributed by atoms with Crippen molar-refractivity contribution in [2.45, 2.75) is 0 Å². The third kappa shape index (κ3) is 4.64. The number of aromatic nitrogens is 1. The Bertz CT molecular complexity index is 1060. The number of fused-ring (bicyclic) bond motifs is 1. The van der Waals surface area contributed by atoms with E-state index in [2.05, 4.69) is 15.1 Å². The molecule has 30 heavy (non-hydrogen) atoms. The second-order valence-electron chi connectivity index (χ2n) is 6.75. The third-order valence-electron chi connectivity index (χ3n) is 4.92. The summed E-state index contributed by atoms with van der Waals surface area (Å²) in [6.45, 7) is 4.87. The van der Waals surface area contributed by atoms with Crippen molar-refractivity contribution >= 4 is 78.7 Å². The molecule has 0 spiro atoms. The molecule has 1 aliphatic rings. The summed E-state index contributed by atoms with van der Waals surface area (Å²) in [5.74, 6) is 0.432. The van der Waals surface area contributed by atoms with E-state index >= 15 is 0 Å². The van der Waals surface area contributed by atoms with E-state index in [1.54, 1.807) is 24.5 Å². The molecule has 0 saturated carbocycles. The smallest absolute Gasteiger partial charge is 0.253 e. The Labute approximate surface area is 197 Å². The molecule has 6 nitrogen and oxygen atoms in total. The number of thiophene rings is 1. The molecule has 3 aromatic rings. The van der Waals surface area contributed by atoms with E-state index in [0.717, 1.165) is 48.1 Å². The molecule has 0 unspecified atom stereocenters. The predicted molar refractivity (Wildman–Crippen MR) is 127 cm³/mol. The topological polar surface area (TPSA) is 57.7 Å². The zero-order chi connectivity index (χ0) is 21.3. The SMILES string of the molecule is COc1c(Cl)ccc2sc(N3CCN(CCNC(=O)c4cc(Cl)sc4Cl)CC3)nc12. The van der Waals surface area contributed by atoms with Crippen LogP contribution in [0.25, 0.3) is 10.2 Å². The summed E-state index contributed by atoms with van der Waals surface area (Å²) in [6, 6.07) is 5.42. The molecule has 1 amide bonds. The number of thiazole rings is 1. The van der Waals surface area contributed by atoms with E-state index in [-0.39, 0.29) is 5.91 Å². The van der Waals surface area contributed by atoms with E-state index in [1.165, 1.54) is 11.3 Å². The minimum Gasteiger partial charge on any atom is -0.493 e. The average Bonchev–Trinajstić information content (AvgIpc) is 3.31. The summed E-state index contributed by atoms with van der Waals surface area (Å²) in [5.41, 5.74) is 1.24. The zero-order valence-electron chi connectivity index (χ0n) is 16.1. The van der Waals surface area contributed by atoms with Gasteiger partial charge in [0.1, 0.15) is 9.85 Å². The highest BCUT2D eigenvalue weighted by Crippen LogP contribution is 2.38. The number of ether oxygens (including phenoxy) is 1. The van der Waals surface area contributed by atoms with Crippen molar-refractivity contribution in [2.24, 2.45) is 0 Å². The van der Waals surface area contributed by atoms with Crippen LogP contribution in [0.2, 0.25) is 13.7 Å². The van der Waals surface area contributed by atoms with Gasteiger partial charge >= 0.3 is 0 Å². The third-order valence-corrected chi connectivity index (χ3v) is 7.78. The molecule has 160 valence electrons. The van der Waals surface area contributed by atoms with Crippen LogP contribution in [0.15, 0.2) is 18.2 Å². The number of hydrogen-bond acceptors (Lipinski definition) is 7. The molecule has 3 heterocycles. The van der Waals surface area contributed by atoms with Crippen molar-refractivity contribution in [2.75, 3.05) is 51.3 Å². The number of nitrogens with zero attached hydrogens (tertiary/aromatic N) is 3. The lowest BCUT2D eigenvalue weighted by molar-refractivity contribution is 0.0948. The number of halogens is 3. The molecule has 0 atom stereocenters. The van der Waals surface area contributed by atoms with Crippen molar-refractivity contribution in [3.8, 4) is 5.75 Å². The van der Waals surface area contributed by atoms with Crippen LogP contribution in [0.5, 0.6) is 5.75 Å². The molecule has 0 radical (unpaired) electrons. The first kappa shape index (κ1) is 21.9. The Balaban J connectivity index is 1.29. The standard InChI is InChI=1S/C19H19Cl3N4O2S2/c1-28-16-12(20)2-3-13-15(16)24-19(29-13)26-8-6-25(7-9-26)5-4-23-18(27)11-10-14(21)30-17(11)22/h2-3,10H,4-9H2,1H3,(H,23,27). The zero-order valence-corrected chi connectivity index (χ0v) is 20.0. The average molecular weight is 506 g/mol. The number of benzene rings is 1. The second-order valence-corrected chi connectivity index (χ2v) is 10.4. The minimum absolute atomic E-state index is 0.191. The highest BCUT2D eigenvalue weighted by Gasteiger charge is 2.21. The first-order chi connectivity index (χ1) is 14.5. The van der Waals surface area contributed by atoms with Crippen LogP contribution in [0.4, 0.5) is 5.13 Å². The molecular formula is C19H19Cl3N4O2S2. The Morgan fingerprint density at radius 2 is 1.97 bits per heavy atom. The van der Waals surface area contributed by atoms with Crippen molar-refractivity contribution in [3.63, 3.8) is 0 Å². The number of carbonyl (C=O) groups excluding carboxylic acids is 1. The number of anilines is 1. The largest absolute Gasteiger partial charge is 0.493 e. The Morgan fingerprint density at radius 3 is 2.63 bits per heavy atom. The number of methoxy groups -OCH3 is 1. The van der Waals surface area contributed by atoms with Gasteiger partial charge in [-0.2, -0.15) is 0 Å². The Hall–Kier alpha value is -1.29. The number of nitrogens with one attached hydrogen (secondary N) is 1. The number of piperazine rings is 1. The van der Waals surface area contributed by atoms with E-state index in [1.807, 2.05) is 12.1 Å². The maximum absolute atomic E-state index is 12.2. The molecule has 0 bridgehead atoms. The number of hydrogen-bond donors (Lipinski definition) is 1. The quantitative estimate of drug-likeness (QED) is 0.517. The summed E-state index contributed by atoms with van der Waals surface area (Å²) in [5, 5.41) is 4.46. The number of carbonyl (C=O) groups is 1. The van der Waals surface area contributed by atoms with Crippen molar-refractivity contribution < 1.29 is 9.53 Å². The summed E-state index contributed by atoms with van der Waals surface area (Å²) < 4.78 is 7.40. The minimum atomic E-state index is -0.191. The van der Waals surface area contributed by atoms with Gasteiger partial charge in [0.05, 0.1) is 26.7 Å². The van der Waals surface area contributed by atoms with Crippen LogP contribution in [0.3, 0.4) is 0 Å². The van der Waals surface area contributed by atoms with Gasteiger partial charge in [0.25, 0.3) is 5.91 Å². The molecular weight excluding hydrogens is 487 g/mol. The lowest BCUT2D eigenvalue weighted by atomic mass is 10.3. The fourth-order valence-corrected chi connectivity index (χ4v) is 6.05. The van der Waals surface area contributed by atoms with E-state index < -0.39 is 0 Å². The number of rotatable bonds is 6. The molecule has 1 aliphatic heterocycles. The van der Waals surface area contributed by atoms with Gasteiger partial charge in [-0.05, 0) is 18.2 Å². The van der Waals surface area contributed by atoms with Crippen LogP contribution in [-0.2, 0) is 0 Å². The van der Waals surface area contributed by atoms with Gasteiger partial charge in [-0.1, -0.05) is 46.1 Å². The number of amides is 1. The van der Waals surface area contributed by atoms with Gasteiger partial charge in [0.15, 0.2) is 10.9 Å². The molecule has 1 N–H and O–H groups in total. The van der Waals surface area contributed by atoms with E-state index in [9.17, 15) is 4.79 Å². The predicted octanol–water partition coefficient (Wildman–Crippen LogP) is 4.88. The monoisotopic (exact) mass is 504 g/mol. The van der Waals surface area contributed by atoms with Gasteiger partial charge in [0, 0.05) is 39.3 Å². The van der Waals surface area contributed by atoms with E-state index in [4.69, 9.17) is 44.5 Å². The highest BCUT2D eigenvalue weighted by molar-refractivity contribution is 7.22. The maximum Gasteiger partial charge on any atom is 0.253 e. The fraction of sp³-hybridized carbons (Fsp3) is 0.368. The lowest BCUT2D eigenvalue weighted by Crippen LogP contribution is -2.48. The Kier molecular flexibility index (Phi) is 6.91.